The van der Waals surface area contributed by atoms with Gasteiger partial charge >= 0.3 is 0 Å². The molecule has 6 nitrogen and oxygen atoms in total. The molecule has 0 saturated carbocycles. The van der Waals surface area contributed by atoms with Gasteiger partial charge in [-0.2, -0.15) is 0 Å². The number of para-hydroxylation sites is 9. The van der Waals surface area contributed by atoms with Crippen molar-refractivity contribution in [3.05, 3.63) is 534 Å². The van der Waals surface area contributed by atoms with Crippen molar-refractivity contribution >= 4 is 131 Å². The highest BCUT2D eigenvalue weighted by Crippen LogP contribution is 2.47. The molecule has 0 radical (unpaired) electrons. The van der Waals surface area contributed by atoms with Crippen LogP contribution in [0.25, 0.3) is 243 Å². The van der Waals surface area contributed by atoms with E-state index in [-0.39, 0.29) is 22.3 Å². The lowest BCUT2D eigenvalue weighted by Gasteiger charge is -2.14. The highest BCUT2D eigenvalue weighted by atomic mass is 15.0. The van der Waals surface area contributed by atoms with Gasteiger partial charge in [-0.3, -0.25) is 0 Å². The predicted octanol–water partition coefficient (Wildman–Crippen LogP) is 37.2. The largest absolute Gasteiger partial charge is 0.309 e. The maximum absolute atomic E-state index is 2.45. The fourth-order valence-corrected chi connectivity index (χ4v) is 21.8. The van der Waals surface area contributed by atoms with Crippen LogP contribution in [0.2, 0.25) is 0 Å². The lowest BCUT2D eigenvalue weighted by Crippen LogP contribution is -1.97. The van der Waals surface area contributed by atoms with Crippen LogP contribution in [0.4, 0.5) is 0 Å². The molecule has 28 aromatic rings. The first-order valence-corrected chi connectivity index (χ1v) is 47.4. The van der Waals surface area contributed by atoms with Crippen LogP contribution in [0.1, 0.15) is 22.3 Å². The van der Waals surface area contributed by atoms with Gasteiger partial charge in [0.25, 0.3) is 0 Å². The molecule has 0 fully saturated rings. The third-order valence-corrected chi connectivity index (χ3v) is 27.9. The van der Waals surface area contributed by atoms with E-state index in [2.05, 4.69) is 561 Å². The van der Waals surface area contributed by atoms with Gasteiger partial charge in [0, 0.05) is 81.7 Å². The zero-order valence-electron chi connectivity index (χ0n) is 75.5. The van der Waals surface area contributed by atoms with E-state index in [1.807, 2.05) is 0 Å². The van der Waals surface area contributed by atoms with E-state index in [9.17, 15) is 0 Å². The van der Waals surface area contributed by atoms with Gasteiger partial charge in [0.05, 0.1) is 83.3 Å². The van der Waals surface area contributed by atoms with E-state index in [0.29, 0.717) is 0 Å². The second kappa shape index (κ2) is 36.7. The molecule has 28 rings (SSSR count). The number of aromatic nitrogens is 6. The Hall–Kier alpha value is -18.4. The van der Waals surface area contributed by atoms with Crippen LogP contribution >= 0.6 is 0 Å². The molecule has 0 aliphatic rings. The molecule has 0 N–H and O–H groups in total. The minimum Gasteiger partial charge on any atom is -0.309 e. The van der Waals surface area contributed by atoms with E-state index in [4.69, 9.17) is 0 Å². The summed E-state index contributed by atoms with van der Waals surface area (Å²) in [5, 5.41) is 15.1. The summed E-state index contributed by atoms with van der Waals surface area (Å²) in [6.45, 7) is 0. The van der Waals surface area contributed by atoms with Crippen molar-refractivity contribution in [1.29, 1.82) is 0 Å². The summed E-state index contributed by atoms with van der Waals surface area (Å²) in [6, 6.07) is 193. The monoisotopic (exact) mass is 1800 g/mol. The van der Waals surface area contributed by atoms with E-state index in [1.54, 1.807) is 0 Å². The van der Waals surface area contributed by atoms with Crippen LogP contribution in [0.15, 0.2) is 534 Å². The fourth-order valence-electron chi connectivity index (χ4n) is 21.8. The zero-order valence-corrected chi connectivity index (χ0v) is 75.5. The highest BCUT2D eigenvalue weighted by Gasteiger charge is 2.26. The molecule has 0 atom stereocenters. The summed E-state index contributed by atoms with van der Waals surface area (Å²) >= 11 is 0. The number of hydrogen-bond acceptors (Lipinski definition) is 0. The molecule has 0 bridgehead atoms. The molecular weight excluding hydrogens is 1710 g/mol. The molecule has 0 saturated heterocycles. The van der Waals surface area contributed by atoms with Gasteiger partial charge in [0.15, 0.2) is 0 Å². The first-order valence-electron chi connectivity index (χ1n) is 47.4. The molecule has 0 aliphatic carbocycles. The highest BCUT2D eigenvalue weighted by molar-refractivity contribution is 6.20. The van der Waals surface area contributed by atoms with E-state index >= 15 is 0 Å². The second-order valence-corrected chi connectivity index (χ2v) is 35.8. The molecule has 22 aromatic carbocycles. The molecule has 0 unspecified atom stereocenters. The lowest BCUT2D eigenvalue weighted by atomic mass is 9.96. The second-order valence-electron chi connectivity index (χ2n) is 35.8. The first kappa shape index (κ1) is 86.7. The average molecular weight is 1810 g/mol. The molecule has 0 spiro atoms. The Balaban J connectivity index is 0.000000117. The van der Waals surface area contributed by atoms with Crippen LogP contribution < -0.4 is 0 Å². The Morgan fingerprint density at radius 2 is 0.262 bits per heavy atom. The number of hydrogen-bond donors (Lipinski definition) is 0. The number of fused-ring (bicyclic) bond motifs is 18. The smallest absolute Gasteiger partial charge is 0.0562 e. The third-order valence-electron chi connectivity index (χ3n) is 27.9. The van der Waals surface area contributed by atoms with E-state index in [0.717, 1.165) is 17.1 Å². The van der Waals surface area contributed by atoms with Crippen LogP contribution in [0.5, 0.6) is 0 Å². The van der Waals surface area contributed by atoms with Gasteiger partial charge in [0.1, 0.15) is 0 Å². The maximum Gasteiger partial charge on any atom is 0.0562 e. The molecule has 6 heteroatoms. The van der Waals surface area contributed by atoms with Crippen molar-refractivity contribution < 1.29 is 0 Å². The van der Waals surface area contributed by atoms with Crippen LogP contribution in [-0.4, -0.2) is 27.4 Å². The molecule has 0 aliphatic heterocycles. The topological polar surface area (TPSA) is 29.6 Å². The fraction of sp³-hybridized carbons (Fsp3) is 0.0222. The number of nitrogens with zero attached hydrogens (tertiary/aromatic N) is 6. The van der Waals surface area contributed by atoms with Crippen molar-refractivity contribution in [2.24, 2.45) is 0 Å². The van der Waals surface area contributed by atoms with Gasteiger partial charge in [-0.05, 0) is 230 Å². The van der Waals surface area contributed by atoms with Crippen LogP contribution in [-0.2, 0) is 0 Å². The molecule has 141 heavy (non-hydrogen) atoms. The summed E-state index contributed by atoms with van der Waals surface area (Å²) in [6.07, 6.45) is 0. The van der Waals surface area contributed by atoms with Gasteiger partial charge in [-0.15, -0.1) is 0 Å². The zero-order chi connectivity index (χ0) is 91.1. The van der Waals surface area contributed by atoms with Crippen molar-refractivity contribution in [2.75, 3.05) is 0 Å². The summed E-state index contributed by atoms with van der Waals surface area (Å²) < 4.78 is 14.6. The van der Waals surface area contributed by atoms with Gasteiger partial charge < -0.3 is 27.4 Å². The van der Waals surface area contributed by atoms with Crippen molar-refractivity contribution in [2.45, 2.75) is 22.3 Å². The summed E-state index contributed by atoms with van der Waals surface area (Å²) in [5.74, 6) is 0. The van der Waals surface area contributed by atoms with Crippen molar-refractivity contribution in [1.82, 2.24) is 27.4 Å². The average Bonchev–Trinajstić information content (AvgIpc) is 1.57. The van der Waals surface area contributed by atoms with Crippen LogP contribution in [0, 0.1) is 0 Å². The predicted molar refractivity (Wildman–Crippen MR) is 604 cm³/mol. The Bertz CT molecular complexity index is 9380. The minimum absolute atomic E-state index is 0. The molecular formula is C135H100N6. The minimum atomic E-state index is 0. The van der Waals surface area contributed by atoms with Gasteiger partial charge in [-0.25, -0.2) is 0 Å². The molecule has 6 heterocycles. The summed E-state index contributed by atoms with van der Waals surface area (Å²) in [5.41, 5.74) is 38.4. The summed E-state index contributed by atoms with van der Waals surface area (Å²) in [7, 11) is 0. The Morgan fingerprint density at radius 3 is 0.525 bits per heavy atom. The SMILES string of the molecule is C.C.C.c1ccc(-c2cc(-c3ccccc3)cc(-n3c4ccccc4c4c(-n5c6ccccc6c6ccccc65)cccc43)c2)cc1.c1ccc(-c2cccc(-c3cccc(-c4cccc(-n5c6ccccc6c6c(-n7c8ccccc8c8ccccc87)cccc65)c4)c3)c2)cc1.c1ccc(-c2cccc(-c3cccc(-n4c5ccccc5c5c(-n6c7ccccc7c7ccccc76)cccc54)c3)c2)cc1. The molecule has 6 aromatic heterocycles. The van der Waals surface area contributed by atoms with Gasteiger partial charge in [-0.1, -0.05) is 404 Å². The van der Waals surface area contributed by atoms with Crippen molar-refractivity contribution in [3.63, 3.8) is 0 Å². The summed E-state index contributed by atoms with van der Waals surface area (Å²) in [4.78, 5) is 0. The van der Waals surface area contributed by atoms with Crippen LogP contribution in [0.3, 0.4) is 0 Å². The molecule has 0 amide bonds. The Kier molecular flexibility index (Phi) is 22.6. The maximum atomic E-state index is 2.45. The standard InChI is InChI=1S/C48H32N2.2C42H28N2.3CH4/c1-2-14-33(15-3-1)34-16-10-17-35(30-34)36-18-11-19-37(31-36)38-20-12-21-39(32-38)49-45-27-9-6-24-42(45)48-46(49)28-13-29-47(48)50-43-25-7-4-22-40(43)41-23-5-8-26-44(41)50;1-3-14-29(15-4-1)31-26-32(30-16-5-2-6-17-30)28-33(27-31)43-39-23-12-9-20-36(39)42-40(43)24-13-25-41(42)44-37-21-10-7-18-34(37)35-19-8-11-22-38(35)44;1-2-13-29(14-3-1)30-15-10-16-31(27-30)32-17-11-18-33(28-32)43-39-24-9-6-21-36(39)42-40(43)25-12-26-41(42)44-37-22-7-4-19-34(37)35-20-5-8-23-38(35)44;;;/h1-32H;2*1-28H;3*1H4. The molecule has 670 valence electrons. The Morgan fingerprint density at radius 1 is 0.0993 bits per heavy atom. The van der Waals surface area contributed by atoms with Gasteiger partial charge in [0.2, 0.25) is 0 Å². The normalized spacial score (nSPS) is 11.4. The quantitative estimate of drug-likeness (QED) is 0.110. The Labute approximate surface area is 820 Å². The lowest BCUT2D eigenvalue weighted by molar-refractivity contribution is 1.17. The number of benzene rings is 22. The van der Waals surface area contributed by atoms with E-state index < -0.39 is 0 Å². The van der Waals surface area contributed by atoms with E-state index in [1.165, 1.54) is 226 Å². The first-order chi connectivity index (χ1) is 68.5. The van der Waals surface area contributed by atoms with Crippen molar-refractivity contribution in [3.8, 4) is 112 Å². The number of rotatable bonds is 13. The third kappa shape index (κ3) is 15.0.